The summed E-state index contributed by atoms with van der Waals surface area (Å²) in [4.78, 5) is 2.25. The number of piperidine rings is 1. The Morgan fingerprint density at radius 1 is 1.44 bits per heavy atom. The molecule has 0 radical (unpaired) electrons. The van der Waals surface area contributed by atoms with Gasteiger partial charge in [0.05, 0.1) is 6.61 Å². The molecule has 0 aliphatic carbocycles. The Bertz CT molecular complexity index is 199. The number of likely N-dealkylation sites (tertiary alicyclic amines) is 1. The zero-order chi connectivity index (χ0) is 12.0. The Kier molecular flexibility index (Phi) is 5.51. The van der Waals surface area contributed by atoms with Crippen LogP contribution in [0.3, 0.4) is 0 Å². The Labute approximate surface area is 93.9 Å². The van der Waals surface area contributed by atoms with Crippen molar-refractivity contribution >= 4 is 0 Å². The quantitative estimate of drug-likeness (QED) is 0.736. The minimum atomic E-state index is -4.51. The molecule has 1 aliphatic rings. The van der Waals surface area contributed by atoms with Crippen molar-refractivity contribution in [3.05, 3.63) is 0 Å². The SMILES string of the molecule is CN1CCCC(CNCCOC(F)(F)F)C1. The highest BCUT2D eigenvalue weighted by molar-refractivity contribution is 4.72. The van der Waals surface area contributed by atoms with E-state index in [0.29, 0.717) is 5.92 Å². The van der Waals surface area contributed by atoms with Gasteiger partial charge in [0.15, 0.2) is 0 Å². The number of rotatable bonds is 5. The van der Waals surface area contributed by atoms with Crippen molar-refractivity contribution in [3.63, 3.8) is 0 Å². The standard InChI is InChI=1S/C10H19F3N2O/c1-15-5-2-3-9(8-15)7-14-4-6-16-10(11,12)13/h9,14H,2-8H2,1H3. The summed E-state index contributed by atoms with van der Waals surface area (Å²) in [7, 11) is 2.07. The fourth-order valence-electron chi connectivity index (χ4n) is 1.98. The molecule has 0 aromatic heterocycles. The maximum atomic E-state index is 11.6. The van der Waals surface area contributed by atoms with E-state index in [2.05, 4.69) is 22.0 Å². The van der Waals surface area contributed by atoms with E-state index in [4.69, 9.17) is 0 Å². The van der Waals surface area contributed by atoms with Crippen LogP contribution in [0.1, 0.15) is 12.8 Å². The van der Waals surface area contributed by atoms with Crippen LogP contribution in [0.4, 0.5) is 13.2 Å². The molecule has 0 aromatic rings. The first-order chi connectivity index (χ1) is 7.47. The van der Waals surface area contributed by atoms with Gasteiger partial charge in [0.2, 0.25) is 0 Å². The van der Waals surface area contributed by atoms with Gasteiger partial charge in [-0.15, -0.1) is 13.2 Å². The Balaban J connectivity index is 1.98. The highest BCUT2D eigenvalue weighted by atomic mass is 19.4. The summed E-state index contributed by atoms with van der Waals surface area (Å²) < 4.78 is 38.6. The van der Waals surface area contributed by atoms with E-state index in [1.165, 1.54) is 6.42 Å². The minimum Gasteiger partial charge on any atom is -0.314 e. The number of nitrogens with one attached hydrogen (secondary N) is 1. The summed E-state index contributed by atoms with van der Waals surface area (Å²) in [5.41, 5.74) is 0. The van der Waals surface area contributed by atoms with Gasteiger partial charge in [0, 0.05) is 13.1 Å². The Morgan fingerprint density at radius 2 is 2.19 bits per heavy atom. The highest BCUT2D eigenvalue weighted by Gasteiger charge is 2.28. The second-order valence-electron chi connectivity index (χ2n) is 4.27. The fourth-order valence-corrected chi connectivity index (χ4v) is 1.98. The van der Waals surface area contributed by atoms with E-state index in [1.807, 2.05) is 0 Å². The fraction of sp³-hybridized carbons (Fsp3) is 1.00. The van der Waals surface area contributed by atoms with Crippen molar-refractivity contribution in [2.24, 2.45) is 5.92 Å². The predicted octanol–water partition coefficient (Wildman–Crippen LogP) is 1.45. The maximum absolute atomic E-state index is 11.6. The van der Waals surface area contributed by atoms with Gasteiger partial charge in [-0.25, -0.2) is 0 Å². The molecule has 1 unspecified atom stereocenters. The molecule has 16 heavy (non-hydrogen) atoms. The lowest BCUT2D eigenvalue weighted by Gasteiger charge is -2.29. The molecule has 0 aromatic carbocycles. The predicted molar refractivity (Wildman–Crippen MR) is 55.1 cm³/mol. The number of ether oxygens (including phenoxy) is 1. The van der Waals surface area contributed by atoms with Crippen LogP contribution >= 0.6 is 0 Å². The van der Waals surface area contributed by atoms with E-state index >= 15 is 0 Å². The van der Waals surface area contributed by atoms with Gasteiger partial charge in [-0.05, 0) is 38.9 Å². The first kappa shape index (κ1) is 13.7. The molecule has 1 N–H and O–H groups in total. The average molecular weight is 240 g/mol. The molecule has 1 heterocycles. The van der Waals surface area contributed by atoms with Crippen LogP contribution in [0.15, 0.2) is 0 Å². The molecule has 3 nitrogen and oxygen atoms in total. The smallest absolute Gasteiger partial charge is 0.314 e. The van der Waals surface area contributed by atoms with E-state index in [0.717, 1.165) is 26.1 Å². The summed E-state index contributed by atoms with van der Waals surface area (Å²) in [6.07, 6.45) is -2.19. The van der Waals surface area contributed by atoms with Crippen molar-refractivity contribution < 1.29 is 17.9 Å². The molecule has 1 saturated heterocycles. The number of halogens is 3. The molecule has 1 fully saturated rings. The molecule has 1 atom stereocenters. The van der Waals surface area contributed by atoms with Crippen molar-refractivity contribution in [2.75, 3.05) is 39.8 Å². The van der Waals surface area contributed by atoms with Crippen molar-refractivity contribution in [1.29, 1.82) is 0 Å². The summed E-state index contributed by atoms with van der Waals surface area (Å²) in [5.74, 6) is 0.546. The second kappa shape index (κ2) is 6.42. The summed E-state index contributed by atoms with van der Waals surface area (Å²) >= 11 is 0. The number of alkyl halides is 3. The van der Waals surface area contributed by atoms with Crippen LogP contribution in [0.25, 0.3) is 0 Å². The van der Waals surface area contributed by atoms with Crippen molar-refractivity contribution in [2.45, 2.75) is 19.2 Å². The van der Waals surface area contributed by atoms with Crippen molar-refractivity contribution in [3.8, 4) is 0 Å². The second-order valence-corrected chi connectivity index (χ2v) is 4.27. The molecular weight excluding hydrogens is 221 g/mol. The third-order valence-corrected chi connectivity index (χ3v) is 2.70. The maximum Gasteiger partial charge on any atom is 0.522 e. The lowest BCUT2D eigenvalue weighted by molar-refractivity contribution is -0.323. The van der Waals surface area contributed by atoms with Crippen LogP contribution in [-0.4, -0.2) is 51.1 Å². The molecule has 0 bridgehead atoms. The zero-order valence-corrected chi connectivity index (χ0v) is 9.52. The van der Waals surface area contributed by atoms with E-state index in [9.17, 15) is 13.2 Å². The number of hydrogen-bond donors (Lipinski definition) is 1. The lowest BCUT2D eigenvalue weighted by Crippen LogP contribution is -2.38. The van der Waals surface area contributed by atoms with Crippen LogP contribution in [0.2, 0.25) is 0 Å². The third-order valence-electron chi connectivity index (χ3n) is 2.70. The third kappa shape index (κ3) is 6.30. The largest absolute Gasteiger partial charge is 0.522 e. The highest BCUT2D eigenvalue weighted by Crippen LogP contribution is 2.15. The topological polar surface area (TPSA) is 24.5 Å². The molecule has 6 heteroatoms. The van der Waals surface area contributed by atoms with E-state index in [1.54, 1.807) is 0 Å². The molecule has 0 spiro atoms. The van der Waals surface area contributed by atoms with Gasteiger partial charge in [-0.3, -0.25) is 4.74 Å². The van der Waals surface area contributed by atoms with Gasteiger partial charge < -0.3 is 10.2 Å². The molecule has 0 amide bonds. The monoisotopic (exact) mass is 240 g/mol. The van der Waals surface area contributed by atoms with Crippen LogP contribution in [0, 0.1) is 5.92 Å². The van der Waals surface area contributed by atoms with Crippen molar-refractivity contribution in [1.82, 2.24) is 10.2 Å². The minimum absolute atomic E-state index is 0.250. The summed E-state index contributed by atoms with van der Waals surface area (Å²) in [6, 6.07) is 0. The van der Waals surface area contributed by atoms with E-state index < -0.39 is 6.36 Å². The van der Waals surface area contributed by atoms with Crippen LogP contribution in [0.5, 0.6) is 0 Å². The first-order valence-corrected chi connectivity index (χ1v) is 5.57. The van der Waals surface area contributed by atoms with E-state index in [-0.39, 0.29) is 13.2 Å². The molecular formula is C10H19F3N2O. The molecule has 1 rings (SSSR count). The number of nitrogens with zero attached hydrogens (tertiary/aromatic N) is 1. The summed E-state index contributed by atoms with van der Waals surface area (Å²) in [6.45, 7) is 2.85. The van der Waals surface area contributed by atoms with Crippen LogP contribution in [-0.2, 0) is 4.74 Å². The Hall–Kier alpha value is -0.330. The Morgan fingerprint density at radius 3 is 2.81 bits per heavy atom. The van der Waals surface area contributed by atoms with Gasteiger partial charge in [-0.2, -0.15) is 0 Å². The van der Waals surface area contributed by atoms with Gasteiger partial charge in [0.25, 0.3) is 0 Å². The van der Waals surface area contributed by atoms with Gasteiger partial charge in [-0.1, -0.05) is 0 Å². The lowest BCUT2D eigenvalue weighted by atomic mass is 9.98. The van der Waals surface area contributed by atoms with Crippen LogP contribution < -0.4 is 5.32 Å². The normalized spacial score (nSPS) is 23.6. The first-order valence-electron chi connectivity index (χ1n) is 5.57. The molecule has 0 saturated carbocycles. The molecule has 96 valence electrons. The van der Waals surface area contributed by atoms with Gasteiger partial charge >= 0.3 is 6.36 Å². The van der Waals surface area contributed by atoms with Gasteiger partial charge in [0.1, 0.15) is 0 Å². The zero-order valence-electron chi connectivity index (χ0n) is 9.52. The summed E-state index contributed by atoms with van der Waals surface area (Å²) in [5, 5.41) is 3.00. The average Bonchev–Trinajstić information content (AvgIpc) is 2.15. The number of hydrogen-bond acceptors (Lipinski definition) is 3. The molecule has 1 aliphatic heterocycles.